The van der Waals surface area contributed by atoms with Gasteiger partial charge >= 0.3 is 5.97 Å². The first-order chi connectivity index (χ1) is 24.9. The predicted molar refractivity (Wildman–Crippen MR) is 208 cm³/mol. The maximum Gasteiger partial charge on any atom is 0.355 e. The summed E-state index contributed by atoms with van der Waals surface area (Å²) >= 11 is 12.4. The molecule has 0 bridgehead atoms. The molecular formula is C40H39BrClN3O5S. The van der Waals surface area contributed by atoms with Crippen LogP contribution in [0.2, 0.25) is 5.02 Å². The molecule has 51 heavy (non-hydrogen) atoms. The van der Waals surface area contributed by atoms with Crippen LogP contribution < -0.4 is 9.47 Å². The van der Waals surface area contributed by atoms with Gasteiger partial charge < -0.3 is 23.5 Å². The number of carbonyl (C=O) groups excluding carboxylic acids is 1. The zero-order chi connectivity index (χ0) is 35.5. The topological polar surface area (TPSA) is 76.7 Å². The van der Waals surface area contributed by atoms with Crippen molar-refractivity contribution in [2.45, 2.75) is 55.9 Å². The van der Waals surface area contributed by atoms with Gasteiger partial charge in [0.2, 0.25) is 0 Å². The van der Waals surface area contributed by atoms with Gasteiger partial charge in [0.05, 0.1) is 51.5 Å². The fourth-order valence-electron chi connectivity index (χ4n) is 6.88. The van der Waals surface area contributed by atoms with Gasteiger partial charge in [0, 0.05) is 55.0 Å². The van der Waals surface area contributed by atoms with Gasteiger partial charge in [-0.3, -0.25) is 4.68 Å². The third-order valence-electron chi connectivity index (χ3n) is 9.23. The van der Waals surface area contributed by atoms with E-state index in [-0.39, 0.29) is 12.6 Å². The SMILES string of the molecule is CCOC(=O)c1c(C)c2c(-c3c(CBr)nn4c3COCC4)c(Cl)ccc2n1CCCOc1cc(SCc2ccc(OC)cc2)cc2ccccc12. The first-order valence-electron chi connectivity index (χ1n) is 17.0. The average molecular weight is 789 g/mol. The summed E-state index contributed by atoms with van der Waals surface area (Å²) in [6.45, 7) is 6.81. The Morgan fingerprint density at radius 1 is 1.08 bits per heavy atom. The van der Waals surface area contributed by atoms with E-state index >= 15 is 0 Å². The molecule has 0 saturated heterocycles. The van der Waals surface area contributed by atoms with Crippen LogP contribution in [0.5, 0.6) is 11.5 Å². The van der Waals surface area contributed by atoms with Gasteiger partial charge in [-0.2, -0.15) is 5.10 Å². The summed E-state index contributed by atoms with van der Waals surface area (Å²) in [7, 11) is 1.68. The molecule has 0 amide bonds. The van der Waals surface area contributed by atoms with Crippen LogP contribution in [0.25, 0.3) is 32.8 Å². The Hall–Kier alpha value is -3.96. The average Bonchev–Trinajstić information content (AvgIpc) is 3.67. The quantitative estimate of drug-likeness (QED) is 0.0499. The van der Waals surface area contributed by atoms with Crippen LogP contribution in [0.4, 0.5) is 0 Å². The summed E-state index contributed by atoms with van der Waals surface area (Å²) in [5.74, 6) is 2.16. The van der Waals surface area contributed by atoms with Crippen molar-refractivity contribution in [1.82, 2.24) is 14.3 Å². The van der Waals surface area contributed by atoms with Crippen molar-refractivity contribution in [3.63, 3.8) is 0 Å². The van der Waals surface area contributed by atoms with E-state index in [2.05, 4.69) is 63.0 Å². The molecule has 0 aliphatic carbocycles. The van der Waals surface area contributed by atoms with Crippen molar-refractivity contribution in [2.24, 2.45) is 0 Å². The summed E-state index contributed by atoms with van der Waals surface area (Å²) in [4.78, 5) is 14.7. The summed E-state index contributed by atoms with van der Waals surface area (Å²) in [5, 5.41) is 9.15. The number of nitrogens with zero attached hydrogens (tertiary/aromatic N) is 3. The number of methoxy groups -OCH3 is 1. The molecule has 0 fully saturated rings. The minimum atomic E-state index is -0.358. The molecule has 6 aromatic rings. The number of esters is 1. The van der Waals surface area contributed by atoms with E-state index in [0.29, 0.717) is 55.4 Å². The number of benzene rings is 4. The Bertz CT molecular complexity index is 2210. The van der Waals surface area contributed by atoms with Crippen molar-refractivity contribution in [3.05, 3.63) is 106 Å². The Balaban J connectivity index is 1.18. The molecule has 0 saturated carbocycles. The Kier molecular flexibility index (Phi) is 10.9. The Labute approximate surface area is 315 Å². The molecule has 4 aromatic carbocycles. The molecule has 264 valence electrons. The van der Waals surface area contributed by atoms with Crippen LogP contribution >= 0.6 is 39.3 Å². The van der Waals surface area contributed by atoms with Crippen LogP contribution in [0, 0.1) is 6.92 Å². The lowest BCUT2D eigenvalue weighted by molar-refractivity contribution is 0.0513. The van der Waals surface area contributed by atoms with Crippen molar-refractivity contribution in [2.75, 3.05) is 26.9 Å². The molecule has 0 atom stereocenters. The number of halogens is 2. The molecule has 1 aliphatic rings. The smallest absolute Gasteiger partial charge is 0.355 e. The van der Waals surface area contributed by atoms with Gasteiger partial charge in [-0.25, -0.2) is 4.79 Å². The second-order valence-corrected chi connectivity index (χ2v) is 14.3. The number of rotatable bonds is 13. The molecule has 0 unspecified atom stereocenters. The van der Waals surface area contributed by atoms with Gasteiger partial charge in [0.15, 0.2) is 0 Å². The second-order valence-electron chi connectivity index (χ2n) is 12.3. The zero-order valence-electron chi connectivity index (χ0n) is 28.8. The molecule has 8 nitrogen and oxygen atoms in total. The minimum absolute atomic E-state index is 0.276. The number of aryl methyl sites for hydroxylation is 2. The van der Waals surface area contributed by atoms with E-state index in [1.54, 1.807) is 18.9 Å². The second kappa shape index (κ2) is 15.7. The lowest BCUT2D eigenvalue weighted by atomic mass is 9.96. The molecule has 0 spiro atoms. The number of hydrogen-bond acceptors (Lipinski definition) is 7. The van der Waals surface area contributed by atoms with Gasteiger partial charge in [0.1, 0.15) is 17.2 Å². The van der Waals surface area contributed by atoms with Crippen molar-refractivity contribution in [3.8, 4) is 22.6 Å². The molecule has 7 rings (SSSR count). The maximum absolute atomic E-state index is 13.6. The first kappa shape index (κ1) is 35.4. The first-order valence-corrected chi connectivity index (χ1v) is 19.5. The number of thioether (sulfide) groups is 1. The van der Waals surface area contributed by atoms with Crippen LogP contribution in [0.15, 0.2) is 77.7 Å². The molecule has 2 aromatic heterocycles. The summed E-state index contributed by atoms with van der Waals surface area (Å²) in [5.41, 5.74) is 7.18. The van der Waals surface area contributed by atoms with Crippen molar-refractivity contribution < 1.29 is 23.7 Å². The largest absolute Gasteiger partial charge is 0.497 e. The van der Waals surface area contributed by atoms with E-state index in [1.165, 1.54) is 5.56 Å². The number of fused-ring (bicyclic) bond motifs is 3. The highest BCUT2D eigenvalue weighted by atomic mass is 79.9. The summed E-state index contributed by atoms with van der Waals surface area (Å²) < 4.78 is 27.4. The number of ether oxygens (including phenoxy) is 4. The van der Waals surface area contributed by atoms with E-state index < -0.39 is 0 Å². The number of hydrogen-bond donors (Lipinski definition) is 0. The van der Waals surface area contributed by atoms with Crippen molar-refractivity contribution >= 4 is 66.9 Å². The van der Waals surface area contributed by atoms with Crippen LogP contribution in [0.3, 0.4) is 0 Å². The highest BCUT2D eigenvalue weighted by Crippen LogP contribution is 2.44. The normalized spacial score (nSPS) is 12.7. The minimum Gasteiger partial charge on any atom is -0.497 e. The highest BCUT2D eigenvalue weighted by molar-refractivity contribution is 9.08. The van der Waals surface area contributed by atoms with Gasteiger partial charge in [-0.15, -0.1) is 11.8 Å². The molecule has 0 radical (unpaired) electrons. The Morgan fingerprint density at radius 2 is 1.90 bits per heavy atom. The number of carbonyl (C=O) groups is 1. The van der Waals surface area contributed by atoms with Crippen LogP contribution in [-0.4, -0.2) is 47.2 Å². The maximum atomic E-state index is 13.6. The molecule has 3 heterocycles. The highest BCUT2D eigenvalue weighted by Gasteiger charge is 2.29. The van der Waals surface area contributed by atoms with E-state index in [0.717, 1.165) is 71.9 Å². The molecule has 0 N–H and O–H groups in total. The monoisotopic (exact) mass is 787 g/mol. The molecule has 11 heteroatoms. The van der Waals surface area contributed by atoms with Gasteiger partial charge in [0.25, 0.3) is 0 Å². The van der Waals surface area contributed by atoms with E-state index in [1.807, 2.05) is 48.9 Å². The Morgan fingerprint density at radius 3 is 2.69 bits per heavy atom. The van der Waals surface area contributed by atoms with Crippen molar-refractivity contribution in [1.29, 1.82) is 0 Å². The zero-order valence-corrected chi connectivity index (χ0v) is 32.0. The van der Waals surface area contributed by atoms with Crippen LogP contribution in [-0.2, 0) is 40.3 Å². The fraction of sp³-hybridized carbons (Fsp3) is 0.300. The number of aromatic nitrogens is 3. The summed E-state index contributed by atoms with van der Waals surface area (Å²) in [6, 6.07) is 24.7. The molecule has 1 aliphatic heterocycles. The van der Waals surface area contributed by atoms with Gasteiger partial charge in [-0.05, 0) is 73.2 Å². The van der Waals surface area contributed by atoms with E-state index in [4.69, 9.17) is 35.6 Å². The molecular weight excluding hydrogens is 750 g/mol. The third-order valence-corrected chi connectivity index (χ3v) is 11.1. The summed E-state index contributed by atoms with van der Waals surface area (Å²) in [6.07, 6.45) is 0.662. The standard InChI is InChI=1S/C40H39BrClN3O5S/c1-4-49-40(46)39-25(2)36-33(15-14-31(42)37(36)38-32(22-41)43-45-17-19-48-23-34(38)45)44(39)16-7-18-50-35-21-29(20-27-8-5-6-9-30(27)35)51-24-26-10-12-28(47-3)13-11-26/h5-6,8-15,20-21H,4,7,16-19,22-24H2,1-3H3. The lowest BCUT2D eigenvalue weighted by Gasteiger charge is -2.17. The number of alkyl halides is 1. The third kappa shape index (κ3) is 7.11. The van der Waals surface area contributed by atoms with E-state index in [9.17, 15) is 4.79 Å². The predicted octanol–water partition coefficient (Wildman–Crippen LogP) is 9.99. The van der Waals surface area contributed by atoms with Gasteiger partial charge in [-0.1, -0.05) is 63.9 Å². The van der Waals surface area contributed by atoms with Crippen LogP contribution in [0.1, 0.15) is 46.3 Å². The lowest BCUT2D eigenvalue weighted by Crippen LogP contribution is -2.17. The fourth-order valence-corrected chi connectivity index (χ4v) is 8.45.